The normalized spacial score (nSPS) is 11.4. The molecule has 0 atom stereocenters. The van der Waals surface area contributed by atoms with E-state index in [1.54, 1.807) is 0 Å². The minimum absolute atomic E-state index is 0.153. The molecule has 0 N–H and O–H groups in total. The smallest absolute Gasteiger partial charge is 0.334 e. The Kier molecular flexibility index (Phi) is 22.7. The van der Waals surface area contributed by atoms with E-state index in [1.165, 1.54) is 135 Å². The molecule has 0 aliphatic rings. The molecule has 5 nitrogen and oxygen atoms in total. The Morgan fingerprint density at radius 1 is 0.541 bits per heavy atom. The first kappa shape index (κ1) is 33.6. The standard InChI is InChI=1S/C32H60N2O3/c1-3-5-7-9-11-13-14-15-16-17-18-19-21-23-25-27-29-31-32(34(35)36)30(33-37-31)28-26-24-22-20-12-10-8-6-4-2/h3-29H2,1-2H3. The van der Waals surface area contributed by atoms with Gasteiger partial charge in [-0.3, -0.25) is 10.1 Å². The summed E-state index contributed by atoms with van der Waals surface area (Å²) in [5.74, 6) is 0.487. The molecule has 0 saturated carbocycles. The van der Waals surface area contributed by atoms with Crippen molar-refractivity contribution in [2.24, 2.45) is 0 Å². The first-order valence-electron chi connectivity index (χ1n) is 16.3. The Bertz CT molecular complexity index is 644. The molecule has 0 bridgehead atoms. The monoisotopic (exact) mass is 520 g/mol. The second-order valence-electron chi connectivity index (χ2n) is 11.3. The maximum Gasteiger partial charge on any atom is 0.334 e. The number of aryl methyl sites for hydroxylation is 2. The van der Waals surface area contributed by atoms with Gasteiger partial charge in [0, 0.05) is 12.8 Å². The molecule has 0 radical (unpaired) electrons. The summed E-state index contributed by atoms with van der Waals surface area (Å²) in [5, 5.41) is 15.7. The molecule has 216 valence electrons. The molecule has 0 amide bonds. The third-order valence-electron chi connectivity index (χ3n) is 7.76. The number of nitrogens with zero attached hydrogens (tertiary/aromatic N) is 2. The zero-order valence-corrected chi connectivity index (χ0v) is 24.7. The molecule has 0 fully saturated rings. The SMILES string of the molecule is CCCCCCCCCCCCCCCCCCc1onc(CCCCCCCCCCC)c1[N+](=O)[O-]. The fraction of sp³-hybridized carbons (Fsp3) is 0.906. The van der Waals surface area contributed by atoms with Gasteiger partial charge in [0.25, 0.3) is 0 Å². The van der Waals surface area contributed by atoms with Crippen LogP contribution in [0.4, 0.5) is 5.69 Å². The van der Waals surface area contributed by atoms with Crippen molar-refractivity contribution in [3.8, 4) is 0 Å². The minimum Gasteiger partial charge on any atom is -0.354 e. The average molecular weight is 521 g/mol. The number of unbranched alkanes of at least 4 members (excludes halogenated alkanes) is 23. The quantitative estimate of drug-likeness (QED) is 0.0625. The van der Waals surface area contributed by atoms with Gasteiger partial charge in [0.1, 0.15) is 0 Å². The lowest BCUT2D eigenvalue weighted by Crippen LogP contribution is -1.97. The minimum atomic E-state index is -0.276. The topological polar surface area (TPSA) is 69.2 Å². The van der Waals surface area contributed by atoms with E-state index in [1.807, 2.05) is 0 Å². The van der Waals surface area contributed by atoms with Gasteiger partial charge in [-0.15, -0.1) is 0 Å². The van der Waals surface area contributed by atoms with Crippen LogP contribution in [0.3, 0.4) is 0 Å². The molecular formula is C32H60N2O3. The van der Waals surface area contributed by atoms with E-state index in [0.717, 1.165) is 25.7 Å². The molecule has 0 aliphatic carbocycles. The maximum atomic E-state index is 11.6. The van der Waals surface area contributed by atoms with Crippen molar-refractivity contribution in [1.82, 2.24) is 5.16 Å². The zero-order valence-electron chi connectivity index (χ0n) is 24.7. The first-order chi connectivity index (χ1) is 18.2. The first-order valence-corrected chi connectivity index (χ1v) is 16.3. The van der Waals surface area contributed by atoms with E-state index < -0.39 is 0 Å². The highest BCUT2D eigenvalue weighted by molar-refractivity contribution is 5.38. The molecular weight excluding hydrogens is 460 g/mol. The Balaban J connectivity index is 2.03. The van der Waals surface area contributed by atoms with Crippen molar-refractivity contribution < 1.29 is 9.45 Å². The summed E-state index contributed by atoms with van der Waals surface area (Å²) in [6.45, 7) is 4.52. The van der Waals surface area contributed by atoms with Gasteiger partial charge < -0.3 is 4.52 Å². The van der Waals surface area contributed by atoms with E-state index in [9.17, 15) is 10.1 Å². The second-order valence-corrected chi connectivity index (χ2v) is 11.3. The van der Waals surface area contributed by atoms with Gasteiger partial charge in [-0.1, -0.05) is 167 Å². The Labute approximate surface area is 229 Å². The summed E-state index contributed by atoms with van der Waals surface area (Å²) in [4.78, 5) is 11.4. The van der Waals surface area contributed by atoms with Crippen molar-refractivity contribution >= 4 is 5.69 Å². The summed E-state index contributed by atoms with van der Waals surface area (Å²) in [7, 11) is 0. The molecule has 0 unspecified atom stereocenters. The van der Waals surface area contributed by atoms with Crippen LogP contribution in [-0.2, 0) is 12.8 Å². The fourth-order valence-electron chi connectivity index (χ4n) is 5.33. The Hall–Kier alpha value is -1.39. The molecule has 37 heavy (non-hydrogen) atoms. The van der Waals surface area contributed by atoms with Gasteiger partial charge in [0.05, 0.1) is 4.92 Å². The van der Waals surface area contributed by atoms with E-state index in [4.69, 9.17) is 4.52 Å². The van der Waals surface area contributed by atoms with Crippen LogP contribution in [0, 0.1) is 10.1 Å². The van der Waals surface area contributed by atoms with Crippen LogP contribution in [0.25, 0.3) is 0 Å². The van der Waals surface area contributed by atoms with E-state index in [-0.39, 0.29) is 10.6 Å². The highest BCUT2D eigenvalue weighted by Gasteiger charge is 2.25. The van der Waals surface area contributed by atoms with E-state index >= 15 is 0 Å². The molecule has 0 spiro atoms. The van der Waals surface area contributed by atoms with Gasteiger partial charge in [-0.2, -0.15) is 0 Å². The number of hydrogen-bond donors (Lipinski definition) is 0. The third-order valence-corrected chi connectivity index (χ3v) is 7.76. The zero-order chi connectivity index (χ0) is 26.8. The molecule has 0 aromatic carbocycles. The molecule has 1 aromatic rings. The van der Waals surface area contributed by atoms with Gasteiger partial charge in [0.2, 0.25) is 5.76 Å². The lowest BCUT2D eigenvalue weighted by atomic mass is 10.0. The lowest BCUT2D eigenvalue weighted by Gasteiger charge is -2.03. The van der Waals surface area contributed by atoms with Crippen LogP contribution in [0.1, 0.15) is 186 Å². The number of hydrogen-bond acceptors (Lipinski definition) is 4. The summed E-state index contributed by atoms with van der Waals surface area (Å²) in [5.41, 5.74) is 0.708. The molecule has 1 heterocycles. The predicted molar refractivity (Wildman–Crippen MR) is 157 cm³/mol. The van der Waals surface area contributed by atoms with Gasteiger partial charge in [-0.05, 0) is 12.8 Å². The maximum absolute atomic E-state index is 11.6. The Morgan fingerprint density at radius 3 is 1.22 bits per heavy atom. The van der Waals surface area contributed by atoms with Crippen molar-refractivity contribution in [3.05, 3.63) is 21.6 Å². The Morgan fingerprint density at radius 2 is 0.865 bits per heavy atom. The highest BCUT2D eigenvalue weighted by Crippen LogP contribution is 2.27. The summed E-state index contributed by atoms with van der Waals surface area (Å²) < 4.78 is 5.42. The third kappa shape index (κ3) is 18.5. The van der Waals surface area contributed by atoms with Gasteiger partial charge in [-0.25, -0.2) is 0 Å². The van der Waals surface area contributed by atoms with Crippen LogP contribution in [0.2, 0.25) is 0 Å². The largest absolute Gasteiger partial charge is 0.354 e. The van der Waals surface area contributed by atoms with Crippen LogP contribution in [0.15, 0.2) is 4.52 Å². The summed E-state index contributed by atoms with van der Waals surface area (Å²) >= 11 is 0. The summed E-state index contributed by atoms with van der Waals surface area (Å²) in [6.07, 6.45) is 33.8. The predicted octanol–water partition coefficient (Wildman–Crippen LogP) is 11.5. The average Bonchev–Trinajstić information content (AvgIpc) is 3.30. The number of rotatable bonds is 28. The highest BCUT2D eigenvalue weighted by atomic mass is 16.6. The second kappa shape index (κ2) is 24.9. The van der Waals surface area contributed by atoms with Crippen molar-refractivity contribution in [2.75, 3.05) is 0 Å². The van der Waals surface area contributed by atoms with Crippen LogP contribution >= 0.6 is 0 Å². The molecule has 0 saturated heterocycles. The molecule has 5 heteroatoms. The van der Waals surface area contributed by atoms with Crippen molar-refractivity contribution in [1.29, 1.82) is 0 Å². The van der Waals surface area contributed by atoms with E-state index in [0.29, 0.717) is 24.3 Å². The van der Waals surface area contributed by atoms with Crippen molar-refractivity contribution in [3.63, 3.8) is 0 Å². The van der Waals surface area contributed by atoms with Gasteiger partial charge >= 0.3 is 5.69 Å². The molecule has 1 rings (SSSR count). The van der Waals surface area contributed by atoms with Gasteiger partial charge in [0.15, 0.2) is 5.69 Å². The lowest BCUT2D eigenvalue weighted by molar-refractivity contribution is -0.386. The van der Waals surface area contributed by atoms with Crippen molar-refractivity contribution in [2.45, 2.75) is 187 Å². The van der Waals surface area contributed by atoms with Crippen LogP contribution in [0.5, 0.6) is 0 Å². The fourth-order valence-corrected chi connectivity index (χ4v) is 5.33. The summed E-state index contributed by atoms with van der Waals surface area (Å²) in [6, 6.07) is 0. The number of nitro groups is 1. The van der Waals surface area contributed by atoms with Crippen LogP contribution < -0.4 is 0 Å². The van der Waals surface area contributed by atoms with E-state index in [2.05, 4.69) is 19.0 Å². The molecule has 1 aromatic heterocycles. The number of aromatic nitrogens is 1. The molecule has 0 aliphatic heterocycles. The van der Waals surface area contributed by atoms with Crippen LogP contribution in [-0.4, -0.2) is 10.1 Å².